The van der Waals surface area contributed by atoms with Gasteiger partial charge in [-0.1, -0.05) is 29.8 Å². The van der Waals surface area contributed by atoms with Crippen molar-refractivity contribution in [3.05, 3.63) is 89.1 Å². The number of nitrogens with one attached hydrogen (secondary N) is 2. The number of aryl methyl sites for hydroxylation is 1. The third-order valence-electron chi connectivity index (χ3n) is 4.58. The van der Waals surface area contributed by atoms with E-state index in [1.54, 1.807) is 54.6 Å². The molecule has 4 aromatic rings. The molecule has 31 heavy (non-hydrogen) atoms. The Morgan fingerprint density at radius 3 is 2.35 bits per heavy atom. The molecule has 0 spiro atoms. The molecule has 6 nitrogen and oxygen atoms in total. The molecule has 1 heterocycles. The van der Waals surface area contributed by atoms with Crippen LogP contribution in [-0.4, -0.2) is 18.4 Å². The second kappa shape index (κ2) is 8.93. The maximum Gasteiger partial charge on any atom is 0.291 e. The van der Waals surface area contributed by atoms with Crippen molar-refractivity contribution in [1.82, 2.24) is 0 Å². The molecule has 0 atom stereocenters. The number of anilines is 2. The van der Waals surface area contributed by atoms with Crippen molar-refractivity contribution in [2.24, 2.45) is 0 Å². The van der Waals surface area contributed by atoms with E-state index in [0.29, 0.717) is 27.7 Å². The van der Waals surface area contributed by atoms with Gasteiger partial charge in [0.1, 0.15) is 11.3 Å². The molecule has 0 radical (unpaired) electrons. The molecular formula is C24H19ClN2O4. The van der Waals surface area contributed by atoms with Crippen LogP contribution in [0, 0.1) is 6.92 Å². The van der Waals surface area contributed by atoms with Crippen LogP contribution in [-0.2, 0) is 4.79 Å². The zero-order valence-electron chi connectivity index (χ0n) is 16.6. The minimum absolute atomic E-state index is 0.133. The van der Waals surface area contributed by atoms with E-state index >= 15 is 0 Å². The maximum atomic E-state index is 12.4. The van der Waals surface area contributed by atoms with Crippen molar-refractivity contribution in [3.8, 4) is 5.75 Å². The molecule has 0 aliphatic carbocycles. The molecule has 3 aromatic carbocycles. The molecule has 1 aromatic heterocycles. The number of rotatable bonds is 6. The van der Waals surface area contributed by atoms with Gasteiger partial charge in [-0.2, -0.15) is 0 Å². The summed E-state index contributed by atoms with van der Waals surface area (Å²) in [7, 11) is 0. The van der Waals surface area contributed by atoms with Crippen LogP contribution in [0.15, 0.2) is 77.2 Å². The van der Waals surface area contributed by atoms with Gasteiger partial charge in [-0.15, -0.1) is 0 Å². The molecule has 0 saturated carbocycles. The Bertz CT molecular complexity index is 1220. The third kappa shape index (κ3) is 5.05. The van der Waals surface area contributed by atoms with E-state index in [4.69, 9.17) is 20.8 Å². The second-order valence-electron chi connectivity index (χ2n) is 6.93. The Labute approximate surface area is 183 Å². The zero-order valence-corrected chi connectivity index (χ0v) is 17.4. The monoisotopic (exact) mass is 434 g/mol. The van der Waals surface area contributed by atoms with Crippen molar-refractivity contribution in [2.75, 3.05) is 17.2 Å². The van der Waals surface area contributed by atoms with Crippen molar-refractivity contribution in [2.45, 2.75) is 6.92 Å². The van der Waals surface area contributed by atoms with Crippen molar-refractivity contribution in [3.63, 3.8) is 0 Å². The third-order valence-corrected chi connectivity index (χ3v) is 5.00. The van der Waals surface area contributed by atoms with Crippen LogP contribution in [0.1, 0.15) is 16.1 Å². The van der Waals surface area contributed by atoms with Gasteiger partial charge in [-0.25, -0.2) is 0 Å². The molecule has 0 aliphatic heterocycles. The summed E-state index contributed by atoms with van der Waals surface area (Å²) in [5.41, 5.74) is 2.69. The summed E-state index contributed by atoms with van der Waals surface area (Å²) in [5, 5.41) is 7.03. The first-order valence-corrected chi connectivity index (χ1v) is 9.94. The first-order chi connectivity index (χ1) is 15.0. The SMILES string of the molecule is Cc1cc(OCC(=O)Nc2ccc(NC(=O)c3cc4ccccc4o3)cc2)ccc1Cl. The van der Waals surface area contributed by atoms with Gasteiger partial charge in [0.25, 0.3) is 11.8 Å². The predicted octanol–water partition coefficient (Wildman–Crippen LogP) is 5.66. The molecule has 2 amide bonds. The quantitative estimate of drug-likeness (QED) is 0.410. The summed E-state index contributed by atoms with van der Waals surface area (Å²) in [4.78, 5) is 24.5. The van der Waals surface area contributed by atoms with Gasteiger partial charge < -0.3 is 19.8 Å². The van der Waals surface area contributed by atoms with Gasteiger partial charge in [-0.3, -0.25) is 9.59 Å². The van der Waals surface area contributed by atoms with Crippen molar-refractivity contribution < 1.29 is 18.7 Å². The Hall–Kier alpha value is -3.77. The van der Waals surface area contributed by atoms with E-state index < -0.39 is 0 Å². The minimum Gasteiger partial charge on any atom is -0.484 e. The lowest BCUT2D eigenvalue weighted by Gasteiger charge is -2.09. The first-order valence-electron chi connectivity index (χ1n) is 9.57. The van der Waals surface area contributed by atoms with Crippen LogP contribution in [0.2, 0.25) is 5.02 Å². The predicted molar refractivity (Wildman–Crippen MR) is 121 cm³/mol. The average molecular weight is 435 g/mol. The summed E-state index contributed by atoms with van der Waals surface area (Å²) in [6, 6.07) is 21.1. The fraction of sp³-hybridized carbons (Fsp3) is 0.0833. The van der Waals surface area contributed by atoms with Gasteiger partial charge in [0.15, 0.2) is 12.4 Å². The number of halogens is 1. The Kier molecular flexibility index (Phi) is 5.91. The van der Waals surface area contributed by atoms with Crippen LogP contribution >= 0.6 is 11.6 Å². The van der Waals surface area contributed by atoms with Gasteiger partial charge in [0.05, 0.1) is 0 Å². The van der Waals surface area contributed by atoms with Gasteiger partial charge in [-0.05, 0) is 67.1 Å². The summed E-state index contributed by atoms with van der Waals surface area (Å²) in [6.45, 7) is 1.73. The molecule has 0 fully saturated rings. The number of hydrogen-bond donors (Lipinski definition) is 2. The highest BCUT2D eigenvalue weighted by Gasteiger charge is 2.12. The minimum atomic E-state index is -0.348. The summed E-state index contributed by atoms with van der Waals surface area (Å²) < 4.78 is 11.1. The molecule has 7 heteroatoms. The van der Waals surface area contributed by atoms with E-state index in [0.717, 1.165) is 10.9 Å². The number of fused-ring (bicyclic) bond motifs is 1. The van der Waals surface area contributed by atoms with E-state index in [1.165, 1.54) is 0 Å². The zero-order chi connectivity index (χ0) is 21.8. The Balaban J connectivity index is 1.31. The molecule has 0 unspecified atom stereocenters. The van der Waals surface area contributed by atoms with Gasteiger partial charge in [0.2, 0.25) is 0 Å². The van der Waals surface area contributed by atoms with E-state index in [2.05, 4.69) is 10.6 Å². The van der Waals surface area contributed by atoms with Crippen LogP contribution in [0.4, 0.5) is 11.4 Å². The van der Waals surface area contributed by atoms with Gasteiger partial charge >= 0.3 is 0 Å². The lowest BCUT2D eigenvalue weighted by molar-refractivity contribution is -0.118. The fourth-order valence-corrected chi connectivity index (χ4v) is 3.09. The molecule has 4 rings (SSSR count). The highest BCUT2D eigenvalue weighted by molar-refractivity contribution is 6.31. The molecule has 156 valence electrons. The van der Waals surface area contributed by atoms with Crippen LogP contribution in [0.25, 0.3) is 11.0 Å². The number of hydrogen-bond acceptors (Lipinski definition) is 4. The summed E-state index contributed by atoms with van der Waals surface area (Å²) in [5.74, 6) is 0.153. The second-order valence-corrected chi connectivity index (χ2v) is 7.33. The normalized spacial score (nSPS) is 10.6. The number of furan rings is 1. The summed E-state index contributed by atoms with van der Waals surface area (Å²) in [6.07, 6.45) is 0. The lowest BCUT2D eigenvalue weighted by Crippen LogP contribution is -2.20. The molecule has 0 saturated heterocycles. The van der Waals surface area contributed by atoms with Crippen LogP contribution in [0.5, 0.6) is 5.75 Å². The number of amides is 2. The largest absolute Gasteiger partial charge is 0.484 e. The average Bonchev–Trinajstić information content (AvgIpc) is 3.20. The van der Waals surface area contributed by atoms with Crippen LogP contribution in [0.3, 0.4) is 0 Å². The van der Waals surface area contributed by atoms with E-state index in [1.807, 2.05) is 25.1 Å². The smallest absolute Gasteiger partial charge is 0.291 e. The number of ether oxygens (including phenoxy) is 1. The van der Waals surface area contributed by atoms with Crippen molar-refractivity contribution >= 4 is 45.8 Å². The highest BCUT2D eigenvalue weighted by atomic mass is 35.5. The fourth-order valence-electron chi connectivity index (χ4n) is 2.98. The van der Waals surface area contributed by atoms with Crippen molar-refractivity contribution in [1.29, 1.82) is 0 Å². The number of para-hydroxylation sites is 1. The topological polar surface area (TPSA) is 80.6 Å². The number of benzene rings is 3. The molecule has 0 bridgehead atoms. The van der Waals surface area contributed by atoms with Crippen LogP contribution < -0.4 is 15.4 Å². The van der Waals surface area contributed by atoms with E-state index in [-0.39, 0.29) is 24.2 Å². The Morgan fingerprint density at radius 2 is 1.65 bits per heavy atom. The summed E-state index contributed by atoms with van der Waals surface area (Å²) >= 11 is 5.98. The molecular weight excluding hydrogens is 416 g/mol. The highest BCUT2D eigenvalue weighted by Crippen LogP contribution is 2.22. The lowest BCUT2D eigenvalue weighted by atomic mass is 10.2. The first kappa shape index (κ1) is 20.5. The Morgan fingerprint density at radius 1 is 0.935 bits per heavy atom. The van der Waals surface area contributed by atoms with E-state index in [9.17, 15) is 9.59 Å². The number of carbonyl (C=O) groups excluding carboxylic acids is 2. The molecule has 2 N–H and O–H groups in total. The maximum absolute atomic E-state index is 12.4. The standard InChI is InChI=1S/C24H19ClN2O4/c1-15-12-19(10-11-20(15)25)30-14-23(28)26-17-6-8-18(9-7-17)27-24(29)22-13-16-4-2-3-5-21(16)31-22/h2-13H,14H2,1H3,(H,26,28)(H,27,29). The molecule has 0 aliphatic rings. The van der Waals surface area contributed by atoms with Gasteiger partial charge in [0, 0.05) is 21.8 Å². The number of carbonyl (C=O) groups is 2.